The molecule has 2 aromatic heterocycles. The van der Waals surface area contributed by atoms with Crippen molar-refractivity contribution < 1.29 is 4.39 Å². The van der Waals surface area contributed by atoms with Gasteiger partial charge < -0.3 is 5.84 Å². The summed E-state index contributed by atoms with van der Waals surface area (Å²) in [5.74, 6) is 6.63. The lowest BCUT2D eigenvalue weighted by Crippen LogP contribution is -2.17. The highest BCUT2D eigenvalue weighted by Crippen LogP contribution is 2.26. The summed E-state index contributed by atoms with van der Waals surface area (Å²) in [6.07, 6.45) is 0. The number of hydrogen-bond donors (Lipinski definition) is 1. The first-order valence-corrected chi connectivity index (χ1v) is 8.13. The first-order chi connectivity index (χ1) is 11.0. The maximum atomic E-state index is 13.1. The Morgan fingerprint density at radius 1 is 1.26 bits per heavy atom. The zero-order chi connectivity index (χ0) is 16.6. The normalized spacial score (nSPS) is 11.1. The Morgan fingerprint density at radius 2 is 2.04 bits per heavy atom. The van der Waals surface area contributed by atoms with Crippen molar-refractivity contribution in [2.24, 2.45) is 0 Å². The van der Waals surface area contributed by atoms with E-state index in [0.717, 1.165) is 17.0 Å². The van der Waals surface area contributed by atoms with Crippen molar-refractivity contribution in [2.75, 3.05) is 5.84 Å². The van der Waals surface area contributed by atoms with Crippen molar-refractivity contribution >= 4 is 23.4 Å². The molecular weight excluding hydrogens is 339 g/mol. The van der Waals surface area contributed by atoms with Crippen molar-refractivity contribution in [3.05, 3.63) is 52.1 Å². The van der Waals surface area contributed by atoms with E-state index in [4.69, 9.17) is 17.4 Å². The fraction of sp³-hybridized carbons (Fsp3) is 0.214. The van der Waals surface area contributed by atoms with Crippen LogP contribution in [0.2, 0.25) is 5.02 Å². The molecular formula is C14H14ClFN6S. The molecule has 23 heavy (non-hydrogen) atoms. The lowest BCUT2D eigenvalue weighted by molar-refractivity contribution is 0.627. The summed E-state index contributed by atoms with van der Waals surface area (Å²) in [5.41, 5.74) is 2.59. The third kappa shape index (κ3) is 3.18. The highest BCUT2D eigenvalue weighted by Gasteiger charge is 2.15. The molecule has 6 nitrogen and oxygen atoms in total. The molecule has 0 radical (unpaired) electrons. The third-order valence-electron chi connectivity index (χ3n) is 3.22. The molecule has 0 fully saturated rings. The number of nitrogens with zero attached hydrogens (tertiary/aromatic N) is 5. The molecule has 0 bridgehead atoms. The minimum absolute atomic E-state index is 0.363. The van der Waals surface area contributed by atoms with Crippen LogP contribution in [0.25, 0.3) is 5.95 Å². The molecule has 0 aliphatic heterocycles. The van der Waals surface area contributed by atoms with E-state index in [9.17, 15) is 4.39 Å². The standard InChI is InChI=1S/C14H14ClFN6S/c1-8-5-9(2)22(20-8)13-18-19-14(21(13)17)23-7-10-3-4-11(16)6-12(10)15/h3-6H,7,17H2,1-2H3. The molecule has 0 aliphatic carbocycles. The Kier molecular flexibility index (Phi) is 4.27. The minimum atomic E-state index is -0.363. The lowest BCUT2D eigenvalue weighted by Gasteiger charge is -2.06. The monoisotopic (exact) mass is 352 g/mol. The lowest BCUT2D eigenvalue weighted by atomic mass is 10.2. The number of aromatic nitrogens is 5. The van der Waals surface area contributed by atoms with Gasteiger partial charge in [-0.2, -0.15) is 5.10 Å². The summed E-state index contributed by atoms with van der Waals surface area (Å²) in [7, 11) is 0. The van der Waals surface area contributed by atoms with Crippen LogP contribution in [0.15, 0.2) is 29.4 Å². The van der Waals surface area contributed by atoms with Gasteiger partial charge in [0.2, 0.25) is 5.16 Å². The van der Waals surface area contributed by atoms with E-state index in [-0.39, 0.29) is 5.82 Å². The van der Waals surface area contributed by atoms with Gasteiger partial charge >= 0.3 is 0 Å². The fourth-order valence-electron chi connectivity index (χ4n) is 2.12. The number of aryl methyl sites for hydroxylation is 2. The molecule has 0 atom stereocenters. The highest BCUT2D eigenvalue weighted by atomic mass is 35.5. The number of benzene rings is 1. The van der Waals surface area contributed by atoms with Crippen molar-refractivity contribution in [3.8, 4) is 5.95 Å². The van der Waals surface area contributed by atoms with Crippen LogP contribution in [0.3, 0.4) is 0 Å². The molecule has 0 spiro atoms. The predicted octanol–water partition coefficient (Wildman–Crippen LogP) is 2.88. The summed E-state index contributed by atoms with van der Waals surface area (Å²) in [5, 5.41) is 13.4. The van der Waals surface area contributed by atoms with Gasteiger partial charge in [0.15, 0.2) is 0 Å². The van der Waals surface area contributed by atoms with Crippen LogP contribution >= 0.6 is 23.4 Å². The molecule has 0 saturated carbocycles. The van der Waals surface area contributed by atoms with E-state index < -0.39 is 0 Å². The predicted molar refractivity (Wildman–Crippen MR) is 87.7 cm³/mol. The Labute approximate surface area is 141 Å². The van der Waals surface area contributed by atoms with Crippen LogP contribution in [-0.4, -0.2) is 24.7 Å². The average Bonchev–Trinajstić information content (AvgIpc) is 3.00. The first kappa shape index (κ1) is 15.8. The number of nitrogen functional groups attached to an aromatic ring is 1. The molecule has 2 heterocycles. The smallest absolute Gasteiger partial charge is 0.271 e. The number of thioether (sulfide) groups is 1. The molecule has 1 aromatic carbocycles. The molecule has 3 aromatic rings. The van der Waals surface area contributed by atoms with Crippen molar-refractivity contribution in [1.82, 2.24) is 24.7 Å². The van der Waals surface area contributed by atoms with Crippen molar-refractivity contribution in [2.45, 2.75) is 24.8 Å². The number of halogens is 2. The van der Waals surface area contributed by atoms with Crippen LogP contribution in [0.1, 0.15) is 17.0 Å². The van der Waals surface area contributed by atoms with Gasteiger partial charge in [0.25, 0.3) is 5.95 Å². The minimum Gasteiger partial charge on any atom is -0.334 e. The largest absolute Gasteiger partial charge is 0.334 e. The molecule has 9 heteroatoms. The maximum absolute atomic E-state index is 13.1. The fourth-order valence-corrected chi connectivity index (χ4v) is 3.29. The summed E-state index contributed by atoms with van der Waals surface area (Å²) >= 11 is 7.38. The van der Waals surface area contributed by atoms with Crippen molar-refractivity contribution in [3.63, 3.8) is 0 Å². The summed E-state index contributed by atoms with van der Waals surface area (Å²) in [6, 6.07) is 6.23. The molecule has 2 N–H and O–H groups in total. The average molecular weight is 353 g/mol. The zero-order valence-corrected chi connectivity index (χ0v) is 14.1. The number of rotatable bonds is 4. The van der Waals surface area contributed by atoms with Crippen LogP contribution in [0.4, 0.5) is 4.39 Å². The van der Waals surface area contributed by atoms with E-state index in [1.54, 1.807) is 10.7 Å². The summed E-state index contributed by atoms with van der Waals surface area (Å²) in [4.78, 5) is 0. The zero-order valence-electron chi connectivity index (χ0n) is 12.5. The van der Waals surface area contributed by atoms with Gasteiger partial charge in [-0.3, -0.25) is 0 Å². The summed E-state index contributed by atoms with van der Waals surface area (Å²) in [6.45, 7) is 3.81. The van der Waals surface area contributed by atoms with Gasteiger partial charge in [0.05, 0.1) is 5.69 Å². The SMILES string of the molecule is Cc1cc(C)n(-c2nnc(SCc3ccc(F)cc3Cl)n2N)n1. The quantitative estimate of drug-likeness (QED) is 0.577. The Morgan fingerprint density at radius 3 is 2.70 bits per heavy atom. The van der Waals surface area contributed by atoms with Crippen molar-refractivity contribution in [1.29, 1.82) is 0 Å². The van der Waals surface area contributed by atoms with E-state index >= 15 is 0 Å². The molecule has 3 rings (SSSR count). The van der Waals surface area contributed by atoms with E-state index in [0.29, 0.717) is 21.9 Å². The van der Waals surface area contributed by atoms with Gasteiger partial charge in [-0.05, 0) is 37.6 Å². The van der Waals surface area contributed by atoms with Crippen LogP contribution in [-0.2, 0) is 5.75 Å². The van der Waals surface area contributed by atoms with Crippen LogP contribution in [0.5, 0.6) is 0 Å². The number of nitrogens with two attached hydrogens (primary N) is 1. The second kappa shape index (κ2) is 6.21. The third-order valence-corrected chi connectivity index (χ3v) is 4.56. The van der Waals surface area contributed by atoms with Crippen LogP contribution in [0, 0.1) is 19.7 Å². The van der Waals surface area contributed by atoms with Gasteiger partial charge in [0, 0.05) is 16.5 Å². The van der Waals surface area contributed by atoms with E-state index in [2.05, 4.69) is 15.3 Å². The van der Waals surface area contributed by atoms with E-state index in [1.165, 1.54) is 28.6 Å². The molecule has 120 valence electrons. The Hall–Kier alpha value is -2.06. The highest BCUT2D eigenvalue weighted by molar-refractivity contribution is 7.98. The van der Waals surface area contributed by atoms with Gasteiger partial charge in [-0.15, -0.1) is 10.2 Å². The maximum Gasteiger partial charge on any atom is 0.271 e. The molecule has 0 amide bonds. The van der Waals surface area contributed by atoms with Gasteiger partial charge in [0.1, 0.15) is 5.82 Å². The Bertz CT molecular complexity index is 859. The van der Waals surface area contributed by atoms with Gasteiger partial charge in [-0.1, -0.05) is 29.4 Å². The van der Waals surface area contributed by atoms with Gasteiger partial charge in [-0.25, -0.2) is 13.7 Å². The first-order valence-electron chi connectivity index (χ1n) is 6.76. The summed E-state index contributed by atoms with van der Waals surface area (Å²) < 4.78 is 16.1. The Balaban J connectivity index is 1.81. The number of hydrogen-bond acceptors (Lipinski definition) is 5. The molecule has 0 unspecified atom stereocenters. The second-order valence-corrected chi connectivity index (χ2v) is 6.37. The molecule has 0 saturated heterocycles. The topological polar surface area (TPSA) is 74.5 Å². The van der Waals surface area contributed by atoms with E-state index in [1.807, 2.05) is 19.9 Å². The molecule has 0 aliphatic rings. The van der Waals surface area contributed by atoms with Crippen LogP contribution < -0.4 is 5.84 Å². The second-order valence-electron chi connectivity index (χ2n) is 5.02.